The third-order valence-corrected chi connectivity index (χ3v) is 6.46. The maximum Gasteiger partial charge on any atom is 0.251 e. The number of likely N-dealkylation sites (tertiary alicyclic amines) is 2. The summed E-state index contributed by atoms with van der Waals surface area (Å²) in [5.74, 6) is -1.40. The summed E-state index contributed by atoms with van der Waals surface area (Å²) in [5.41, 5.74) is 0.617. The van der Waals surface area contributed by atoms with Gasteiger partial charge >= 0.3 is 0 Å². The maximum atomic E-state index is 13.0. The van der Waals surface area contributed by atoms with Crippen molar-refractivity contribution in [2.75, 3.05) is 13.1 Å². The van der Waals surface area contributed by atoms with Crippen molar-refractivity contribution in [2.45, 2.75) is 44.7 Å². The first-order valence-corrected chi connectivity index (χ1v) is 10.6. The molecule has 0 spiro atoms. The van der Waals surface area contributed by atoms with Crippen molar-refractivity contribution in [1.29, 1.82) is 0 Å². The van der Waals surface area contributed by atoms with Gasteiger partial charge in [0.1, 0.15) is 6.04 Å². The van der Waals surface area contributed by atoms with E-state index in [4.69, 9.17) is 0 Å². The summed E-state index contributed by atoms with van der Waals surface area (Å²) in [6.45, 7) is 2.63. The third-order valence-electron chi connectivity index (χ3n) is 6.46. The molecule has 4 amide bonds. The van der Waals surface area contributed by atoms with Crippen LogP contribution in [0.4, 0.5) is 0 Å². The lowest BCUT2D eigenvalue weighted by Gasteiger charge is -2.35. The summed E-state index contributed by atoms with van der Waals surface area (Å²) in [4.78, 5) is 53.7. The van der Waals surface area contributed by atoms with Crippen LogP contribution in [-0.4, -0.2) is 58.6 Å². The minimum atomic E-state index is -0.786. The van der Waals surface area contributed by atoms with Crippen LogP contribution < -0.4 is 5.32 Å². The summed E-state index contributed by atoms with van der Waals surface area (Å²) in [6.07, 6.45) is 6.31. The van der Waals surface area contributed by atoms with Crippen molar-refractivity contribution in [3.63, 3.8) is 0 Å². The summed E-state index contributed by atoms with van der Waals surface area (Å²) >= 11 is 0. The van der Waals surface area contributed by atoms with Crippen molar-refractivity contribution in [2.24, 2.45) is 11.8 Å². The fourth-order valence-electron chi connectivity index (χ4n) is 4.68. The van der Waals surface area contributed by atoms with Crippen LogP contribution in [0.2, 0.25) is 0 Å². The SMILES string of the molecule is C[C@@H](C(=O)N1CCC(NC(=O)c2ccccc2)CC1)N1C(=O)C2CC=CCC2C1=O. The summed E-state index contributed by atoms with van der Waals surface area (Å²) in [5, 5.41) is 3.02. The summed E-state index contributed by atoms with van der Waals surface area (Å²) in [7, 11) is 0. The van der Waals surface area contributed by atoms with Crippen LogP contribution in [0, 0.1) is 11.8 Å². The van der Waals surface area contributed by atoms with Gasteiger partial charge in [-0.3, -0.25) is 24.1 Å². The molecule has 2 unspecified atom stereocenters. The summed E-state index contributed by atoms with van der Waals surface area (Å²) < 4.78 is 0. The minimum absolute atomic E-state index is 0.000978. The highest BCUT2D eigenvalue weighted by Gasteiger charge is 2.50. The zero-order chi connectivity index (χ0) is 21.3. The van der Waals surface area contributed by atoms with E-state index in [0.29, 0.717) is 44.3 Å². The molecule has 2 saturated heterocycles. The lowest BCUT2D eigenvalue weighted by atomic mass is 9.85. The molecule has 1 aliphatic carbocycles. The molecule has 2 fully saturated rings. The normalized spacial score (nSPS) is 25.2. The number of piperidine rings is 1. The van der Waals surface area contributed by atoms with Crippen molar-refractivity contribution >= 4 is 23.6 Å². The van der Waals surface area contributed by atoms with E-state index in [1.54, 1.807) is 24.0 Å². The standard InChI is InChI=1S/C23H27N3O4/c1-15(26-22(29)18-9-5-6-10-19(18)23(26)30)21(28)25-13-11-17(12-14-25)24-20(27)16-7-3-2-4-8-16/h2-8,15,17-19H,9-14H2,1H3,(H,24,27)/t15-,18?,19?/m0/s1. The van der Waals surface area contributed by atoms with Gasteiger partial charge in [0, 0.05) is 24.7 Å². The molecule has 7 nitrogen and oxygen atoms in total. The highest BCUT2D eigenvalue weighted by Crippen LogP contribution is 2.36. The number of fused-ring (bicyclic) bond motifs is 1. The number of benzene rings is 1. The molecule has 3 atom stereocenters. The van der Waals surface area contributed by atoms with E-state index in [-0.39, 0.29) is 41.5 Å². The van der Waals surface area contributed by atoms with Crippen molar-refractivity contribution < 1.29 is 19.2 Å². The average molecular weight is 409 g/mol. The number of hydrogen-bond acceptors (Lipinski definition) is 4. The monoisotopic (exact) mass is 409 g/mol. The number of imide groups is 1. The lowest BCUT2D eigenvalue weighted by Crippen LogP contribution is -2.53. The van der Waals surface area contributed by atoms with Gasteiger partial charge in [0.15, 0.2) is 0 Å². The second-order valence-electron chi connectivity index (χ2n) is 8.32. The quantitative estimate of drug-likeness (QED) is 0.606. The van der Waals surface area contributed by atoms with Gasteiger partial charge < -0.3 is 10.2 Å². The van der Waals surface area contributed by atoms with E-state index >= 15 is 0 Å². The van der Waals surface area contributed by atoms with Gasteiger partial charge in [-0.05, 0) is 44.7 Å². The van der Waals surface area contributed by atoms with E-state index in [0.717, 1.165) is 0 Å². The number of allylic oxidation sites excluding steroid dienone is 2. The molecule has 1 aromatic carbocycles. The molecule has 4 rings (SSSR count). The third kappa shape index (κ3) is 3.76. The molecule has 3 aliphatic rings. The number of rotatable bonds is 4. The summed E-state index contributed by atoms with van der Waals surface area (Å²) in [6, 6.07) is 8.27. The average Bonchev–Trinajstić information content (AvgIpc) is 3.04. The highest BCUT2D eigenvalue weighted by molar-refractivity contribution is 6.08. The van der Waals surface area contributed by atoms with Crippen LogP contribution in [-0.2, 0) is 14.4 Å². The number of amides is 4. The van der Waals surface area contributed by atoms with E-state index in [1.165, 1.54) is 4.90 Å². The molecule has 2 aliphatic heterocycles. The van der Waals surface area contributed by atoms with Crippen LogP contribution in [0.25, 0.3) is 0 Å². The Morgan fingerprint density at radius 2 is 1.53 bits per heavy atom. The van der Waals surface area contributed by atoms with Crippen LogP contribution >= 0.6 is 0 Å². The van der Waals surface area contributed by atoms with Crippen LogP contribution in [0.5, 0.6) is 0 Å². The molecular formula is C23H27N3O4. The number of nitrogens with zero attached hydrogens (tertiary/aromatic N) is 2. The van der Waals surface area contributed by atoms with Gasteiger partial charge in [0.05, 0.1) is 11.8 Å². The number of hydrogen-bond donors (Lipinski definition) is 1. The Hall–Kier alpha value is -2.96. The predicted octanol–water partition coefficient (Wildman–Crippen LogP) is 1.75. The maximum absolute atomic E-state index is 13.0. The van der Waals surface area contributed by atoms with Gasteiger partial charge in [-0.25, -0.2) is 0 Å². The largest absolute Gasteiger partial charge is 0.349 e. The second-order valence-corrected chi connectivity index (χ2v) is 8.32. The first-order valence-electron chi connectivity index (χ1n) is 10.6. The molecule has 0 radical (unpaired) electrons. The van der Waals surface area contributed by atoms with Crippen LogP contribution in [0.1, 0.15) is 43.0 Å². The number of nitrogens with one attached hydrogen (secondary N) is 1. The van der Waals surface area contributed by atoms with E-state index < -0.39 is 6.04 Å². The van der Waals surface area contributed by atoms with Gasteiger partial charge in [-0.1, -0.05) is 30.4 Å². The Morgan fingerprint density at radius 3 is 2.10 bits per heavy atom. The van der Waals surface area contributed by atoms with Gasteiger partial charge in [-0.15, -0.1) is 0 Å². The second kappa shape index (κ2) is 8.42. The number of carbonyl (C=O) groups excluding carboxylic acids is 4. The van der Waals surface area contributed by atoms with Crippen LogP contribution in [0.3, 0.4) is 0 Å². The first-order chi connectivity index (χ1) is 14.5. The Morgan fingerprint density at radius 1 is 0.967 bits per heavy atom. The fourth-order valence-corrected chi connectivity index (χ4v) is 4.68. The smallest absolute Gasteiger partial charge is 0.251 e. The lowest BCUT2D eigenvalue weighted by molar-refractivity contribution is -0.151. The van der Waals surface area contributed by atoms with Crippen molar-refractivity contribution in [3.8, 4) is 0 Å². The fraction of sp³-hybridized carbons (Fsp3) is 0.478. The molecule has 2 heterocycles. The molecule has 30 heavy (non-hydrogen) atoms. The Kier molecular flexibility index (Phi) is 5.70. The molecule has 0 bridgehead atoms. The minimum Gasteiger partial charge on any atom is -0.349 e. The Balaban J connectivity index is 1.32. The van der Waals surface area contributed by atoms with E-state index in [1.807, 2.05) is 30.4 Å². The van der Waals surface area contributed by atoms with Crippen LogP contribution in [0.15, 0.2) is 42.5 Å². The van der Waals surface area contributed by atoms with Crippen molar-refractivity contribution in [3.05, 3.63) is 48.0 Å². The zero-order valence-electron chi connectivity index (χ0n) is 17.1. The molecular weight excluding hydrogens is 382 g/mol. The predicted molar refractivity (Wildman–Crippen MR) is 110 cm³/mol. The Labute approximate surface area is 176 Å². The first kappa shape index (κ1) is 20.3. The molecule has 0 saturated carbocycles. The van der Waals surface area contributed by atoms with Gasteiger partial charge in [0.25, 0.3) is 5.91 Å². The van der Waals surface area contributed by atoms with E-state index in [2.05, 4.69) is 5.32 Å². The Bertz CT molecular complexity index is 848. The highest BCUT2D eigenvalue weighted by atomic mass is 16.2. The van der Waals surface area contributed by atoms with Gasteiger partial charge in [-0.2, -0.15) is 0 Å². The molecule has 158 valence electrons. The van der Waals surface area contributed by atoms with Gasteiger partial charge in [0.2, 0.25) is 17.7 Å². The van der Waals surface area contributed by atoms with E-state index in [9.17, 15) is 19.2 Å². The molecule has 0 aromatic heterocycles. The van der Waals surface area contributed by atoms with Crippen molar-refractivity contribution in [1.82, 2.24) is 15.1 Å². The topological polar surface area (TPSA) is 86.8 Å². The zero-order valence-corrected chi connectivity index (χ0v) is 17.1. The molecule has 1 aromatic rings. The molecule has 1 N–H and O–H groups in total. The number of carbonyl (C=O) groups is 4. The molecule has 7 heteroatoms.